The van der Waals surface area contributed by atoms with E-state index in [2.05, 4.69) is 19.9 Å². The van der Waals surface area contributed by atoms with Crippen LogP contribution in [0.3, 0.4) is 0 Å². The molecule has 2 rings (SSSR count). The van der Waals surface area contributed by atoms with Crippen LogP contribution in [0, 0.1) is 0 Å². The zero-order valence-electron chi connectivity index (χ0n) is 9.86. The average Bonchev–Trinajstić information content (AvgIpc) is 2.78. The second kappa shape index (κ2) is 4.73. The fourth-order valence-corrected chi connectivity index (χ4v) is 2.08. The molecule has 96 valence electrons. The summed E-state index contributed by atoms with van der Waals surface area (Å²) < 4.78 is 31.2. The molecule has 0 aliphatic carbocycles. The summed E-state index contributed by atoms with van der Waals surface area (Å²) >= 11 is 0. The summed E-state index contributed by atoms with van der Waals surface area (Å²) in [5, 5.41) is 7.36. The normalized spacial score (nSPS) is 11.7. The van der Waals surface area contributed by atoms with E-state index in [0.29, 0.717) is 5.89 Å². The van der Waals surface area contributed by atoms with E-state index in [1.54, 1.807) is 0 Å². The van der Waals surface area contributed by atoms with Gasteiger partial charge in [0.05, 0.1) is 0 Å². The summed E-state index contributed by atoms with van der Waals surface area (Å²) in [6.45, 7) is 3.74. The van der Waals surface area contributed by atoms with Gasteiger partial charge in [0.15, 0.2) is 0 Å². The van der Waals surface area contributed by atoms with Gasteiger partial charge in [-0.05, 0) is 12.1 Å². The molecule has 1 N–H and O–H groups in total. The average molecular weight is 268 g/mol. The molecular weight excluding hydrogens is 256 g/mol. The summed E-state index contributed by atoms with van der Waals surface area (Å²) in [6, 6.07) is 2.80. The lowest BCUT2D eigenvalue weighted by Crippen LogP contribution is -2.13. The summed E-state index contributed by atoms with van der Waals surface area (Å²) in [5.41, 5.74) is 0. The second-order valence-electron chi connectivity index (χ2n) is 3.89. The van der Waals surface area contributed by atoms with Crippen molar-refractivity contribution in [3.63, 3.8) is 0 Å². The van der Waals surface area contributed by atoms with E-state index >= 15 is 0 Å². The first-order valence-electron chi connectivity index (χ1n) is 5.25. The zero-order chi connectivity index (χ0) is 13.2. The second-order valence-corrected chi connectivity index (χ2v) is 5.58. The van der Waals surface area contributed by atoms with Crippen molar-refractivity contribution in [1.29, 1.82) is 0 Å². The number of hydrogen-bond donors (Lipinski definition) is 1. The molecule has 0 aliphatic heterocycles. The van der Waals surface area contributed by atoms with Crippen LogP contribution in [0.1, 0.15) is 25.7 Å². The number of sulfonamides is 1. The molecule has 0 aliphatic rings. The van der Waals surface area contributed by atoms with Crippen molar-refractivity contribution >= 4 is 16.0 Å². The molecule has 8 heteroatoms. The number of hydrogen-bond acceptors (Lipinski definition) is 6. The van der Waals surface area contributed by atoms with Crippen LogP contribution in [0.15, 0.2) is 33.8 Å². The van der Waals surface area contributed by atoms with E-state index in [0.717, 1.165) is 0 Å². The standard InChI is InChI=1S/C10H12N4O3S/c1-7(2)9-12-13-10(17-9)14-18(15,16)8-4-3-5-11-6-8/h3-7H,1-2H3,(H,13,14). The van der Waals surface area contributed by atoms with Gasteiger partial charge in [-0.1, -0.05) is 18.9 Å². The first kappa shape index (κ1) is 12.5. The Hall–Kier alpha value is -1.96. The van der Waals surface area contributed by atoms with Gasteiger partial charge in [-0.25, -0.2) is 13.1 Å². The highest BCUT2D eigenvalue weighted by Gasteiger charge is 2.18. The highest BCUT2D eigenvalue weighted by atomic mass is 32.2. The van der Waals surface area contributed by atoms with E-state index in [4.69, 9.17) is 4.42 Å². The summed E-state index contributed by atoms with van der Waals surface area (Å²) in [4.78, 5) is 3.78. The van der Waals surface area contributed by atoms with Crippen LogP contribution in [-0.2, 0) is 10.0 Å². The lowest BCUT2D eigenvalue weighted by Gasteiger charge is -2.02. The van der Waals surface area contributed by atoms with Crippen LogP contribution in [0.5, 0.6) is 0 Å². The molecule has 0 radical (unpaired) electrons. The monoisotopic (exact) mass is 268 g/mol. The van der Waals surface area contributed by atoms with Gasteiger partial charge in [0.2, 0.25) is 5.89 Å². The lowest BCUT2D eigenvalue weighted by atomic mass is 10.2. The molecule has 2 aromatic rings. The van der Waals surface area contributed by atoms with Gasteiger partial charge in [0, 0.05) is 18.3 Å². The zero-order valence-corrected chi connectivity index (χ0v) is 10.7. The SMILES string of the molecule is CC(C)c1nnc(NS(=O)(=O)c2cccnc2)o1. The van der Waals surface area contributed by atoms with Crippen LogP contribution in [0.4, 0.5) is 6.01 Å². The van der Waals surface area contributed by atoms with E-state index in [-0.39, 0.29) is 16.8 Å². The molecule has 0 amide bonds. The smallest absolute Gasteiger partial charge is 0.329 e. The first-order chi connectivity index (χ1) is 8.49. The Morgan fingerprint density at radius 3 is 2.67 bits per heavy atom. The molecule has 2 aromatic heterocycles. The predicted molar refractivity (Wildman–Crippen MR) is 63.4 cm³/mol. The van der Waals surface area contributed by atoms with Crippen LogP contribution < -0.4 is 4.72 Å². The molecule has 0 spiro atoms. The fraction of sp³-hybridized carbons (Fsp3) is 0.300. The summed E-state index contributed by atoms with van der Waals surface area (Å²) in [7, 11) is -3.73. The predicted octanol–water partition coefficient (Wildman–Crippen LogP) is 1.39. The number of aromatic nitrogens is 3. The molecule has 0 saturated carbocycles. The maximum absolute atomic E-state index is 11.9. The van der Waals surface area contributed by atoms with Gasteiger partial charge in [0.25, 0.3) is 10.0 Å². The van der Waals surface area contributed by atoms with Crippen molar-refractivity contribution in [2.45, 2.75) is 24.7 Å². The molecule has 7 nitrogen and oxygen atoms in total. The van der Waals surface area contributed by atoms with Crippen molar-refractivity contribution in [3.8, 4) is 0 Å². The molecule has 0 atom stereocenters. The third kappa shape index (κ3) is 2.65. The Kier molecular flexibility index (Phi) is 3.28. The van der Waals surface area contributed by atoms with Crippen LogP contribution in [-0.4, -0.2) is 23.6 Å². The van der Waals surface area contributed by atoms with Crippen LogP contribution in [0.2, 0.25) is 0 Å². The largest absolute Gasteiger partial charge is 0.407 e. The minimum Gasteiger partial charge on any atom is -0.407 e. The molecule has 18 heavy (non-hydrogen) atoms. The quantitative estimate of drug-likeness (QED) is 0.899. The summed E-state index contributed by atoms with van der Waals surface area (Å²) in [6.07, 6.45) is 2.73. The maximum Gasteiger partial charge on any atom is 0.329 e. The Balaban J connectivity index is 2.23. The van der Waals surface area contributed by atoms with Crippen molar-refractivity contribution in [3.05, 3.63) is 30.4 Å². The Bertz CT molecular complexity index is 622. The van der Waals surface area contributed by atoms with Gasteiger partial charge in [-0.3, -0.25) is 4.98 Å². The van der Waals surface area contributed by atoms with Gasteiger partial charge >= 0.3 is 6.01 Å². The maximum atomic E-state index is 11.9. The van der Waals surface area contributed by atoms with Crippen molar-refractivity contribution in [1.82, 2.24) is 15.2 Å². The molecule has 2 heterocycles. The van der Waals surface area contributed by atoms with Crippen molar-refractivity contribution < 1.29 is 12.8 Å². The number of pyridine rings is 1. The van der Waals surface area contributed by atoms with Gasteiger partial charge < -0.3 is 4.42 Å². The van der Waals surface area contributed by atoms with E-state index in [9.17, 15) is 8.42 Å². The highest BCUT2D eigenvalue weighted by molar-refractivity contribution is 7.92. The molecule has 0 unspecified atom stereocenters. The first-order valence-corrected chi connectivity index (χ1v) is 6.73. The molecular formula is C10H12N4O3S. The summed E-state index contributed by atoms with van der Waals surface area (Å²) in [5.74, 6) is 0.410. The minimum absolute atomic E-state index is 0.0362. The Morgan fingerprint density at radius 2 is 2.11 bits per heavy atom. The molecule has 0 bridgehead atoms. The van der Waals surface area contributed by atoms with E-state index in [1.807, 2.05) is 13.8 Å². The van der Waals surface area contributed by atoms with Gasteiger partial charge in [0.1, 0.15) is 4.90 Å². The topological polar surface area (TPSA) is 98.0 Å². The van der Waals surface area contributed by atoms with Crippen molar-refractivity contribution in [2.24, 2.45) is 0 Å². The Labute approximate surface area is 104 Å². The Morgan fingerprint density at radius 1 is 1.33 bits per heavy atom. The number of anilines is 1. The molecule has 0 fully saturated rings. The van der Waals surface area contributed by atoms with E-state index < -0.39 is 10.0 Å². The van der Waals surface area contributed by atoms with Gasteiger partial charge in [-0.2, -0.15) is 0 Å². The van der Waals surface area contributed by atoms with Gasteiger partial charge in [-0.15, -0.1) is 5.10 Å². The molecule has 0 aromatic carbocycles. The van der Waals surface area contributed by atoms with E-state index in [1.165, 1.54) is 24.5 Å². The number of nitrogens with zero attached hydrogens (tertiary/aromatic N) is 3. The molecule has 0 saturated heterocycles. The van der Waals surface area contributed by atoms with Crippen LogP contribution >= 0.6 is 0 Å². The third-order valence-corrected chi connectivity index (χ3v) is 3.41. The highest BCUT2D eigenvalue weighted by Crippen LogP contribution is 2.17. The minimum atomic E-state index is -3.73. The third-order valence-electron chi connectivity index (χ3n) is 2.10. The fourth-order valence-electron chi connectivity index (χ4n) is 1.19. The van der Waals surface area contributed by atoms with Crippen molar-refractivity contribution in [2.75, 3.05) is 4.72 Å². The lowest BCUT2D eigenvalue weighted by molar-refractivity contribution is 0.483. The van der Waals surface area contributed by atoms with Crippen LogP contribution in [0.25, 0.3) is 0 Å². The number of nitrogens with one attached hydrogen (secondary N) is 1. The number of rotatable bonds is 4.